The second-order valence-corrected chi connectivity index (χ2v) is 19.2. The second kappa shape index (κ2) is 21.8. The molecule has 0 radical (unpaired) electrons. The normalized spacial score (nSPS) is 16.4. The number of unbranched alkanes of at least 4 members (excludes halogenated alkanes) is 1. The van der Waals surface area contributed by atoms with Crippen molar-refractivity contribution >= 4 is 67.8 Å². The first kappa shape index (κ1) is 52.5. The molecule has 0 aliphatic carbocycles. The lowest BCUT2D eigenvalue weighted by Crippen LogP contribution is -2.54. The Hall–Kier alpha value is -6.87. The molecule has 21 nitrogen and oxygen atoms in total. The van der Waals surface area contributed by atoms with E-state index in [1.54, 1.807) is 13.8 Å². The van der Waals surface area contributed by atoms with Crippen LogP contribution in [0.5, 0.6) is 0 Å². The van der Waals surface area contributed by atoms with E-state index in [1.165, 1.54) is 49.9 Å². The van der Waals surface area contributed by atoms with Crippen molar-refractivity contribution in [3.63, 3.8) is 0 Å². The van der Waals surface area contributed by atoms with Crippen molar-refractivity contribution in [3.8, 4) is 23.2 Å². The first-order valence-corrected chi connectivity index (χ1v) is 24.3. The average Bonchev–Trinajstić information content (AvgIpc) is 3.67. The maximum Gasteiger partial charge on any atom is 0.343 e. The number of aromatic nitrogens is 4. The van der Waals surface area contributed by atoms with Crippen molar-refractivity contribution < 1.29 is 56.2 Å². The lowest BCUT2D eigenvalue weighted by Gasteiger charge is -2.31. The van der Waals surface area contributed by atoms with Crippen molar-refractivity contribution in [2.24, 2.45) is 0 Å². The molecular formula is C46H51ClFN9O12S. The van der Waals surface area contributed by atoms with Crippen molar-refractivity contribution in [1.29, 1.82) is 0 Å². The van der Waals surface area contributed by atoms with Gasteiger partial charge in [0.2, 0.25) is 44.5 Å². The molecule has 5 heterocycles. The van der Waals surface area contributed by atoms with Gasteiger partial charge in [-0.25, -0.2) is 32.6 Å². The molecule has 0 bridgehead atoms. The fourth-order valence-corrected chi connectivity index (χ4v) is 8.26. The quantitative estimate of drug-likeness (QED) is 0.0237. The molecule has 0 fully saturated rings. The molecule has 4 aromatic rings. The van der Waals surface area contributed by atoms with Crippen molar-refractivity contribution in [3.05, 3.63) is 79.6 Å². The first-order chi connectivity index (χ1) is 33.0. The average molecular weight is 1010 g/mol. The van der Waals surface area contributed by atoms with Crippen LogP contribution in [0.3, 0.4) is 0 Å². The van der Waals surface area contributed by atoms with Gasteiger partial charge in [-0.2, -0.15) is 0 Å². The van der Waals surface area contributed by atoms with E-state index in [0.29, 0.717) is 46.3 Å². The van der Waals surface area contributed by atoms with Crippen LogP contribution >= 0.6 is 11.6 Å². The summed E-state index contributed by atoms with van der Waals surface area (Å²) in [4.78, 5) is 103. The molecule has 0 saturated carbocycles. The Morgan fingerprint density at radius 2 is 1.61 bits per heavy atom. The summed E-state index contributed by atoms with van der Waals surface area (Å²) in [7, 11) is -3.53. The van der Waals surface area contributed by atoms with Crippen molar-refractivity contribution in [1.82, 2.24) is 46.1 Å². The van der Waals surface area contributed by atoms with Gasteiger partial charge in [0, 0.05) is 60.6 Å². The minimum atomic E-state index is -3.53. The van der Waals surface area contributed by atoms with Gasteiger partial charge in [0.25, 0.3) is 5.56 Å². The third kappa shape index (κ3) is 11.9. The number of ether oxygens (including phenoxy) is 2. The van der Waals surface area contributed by atoms with Crippen LogP contribution in [0.4, 0.5) is 4.39 Å². The van der Waals surface area contributed by atoms with E-state index in [-0.39, 0.29) is 72.5 Å². The number of cyclic esters (lactones) is 1. The van der Waals surface area contributed by atoms with Gasteiger partial charge in [-0.15, -0.1) is 0 Å². The molecule has 2 aliphatic heterocycles. The fraction of sp³-hybridized carbons (Fsp3) is 0.435. The van der Waals surface area contributed by atoms with Gasteiger partial charge in [-0.05, 0) is 58.2 Å². The number of carbonyl (C=O) groups is 6. The lowest BCUT2D eigenvalue weighted by molar-refractivity contribution is -0.172. The third-order valence-electron chi connectivity index (χ3n) is 11.6. The zero-order valence-corrected chi connectivity index (χ0v) is 40.5. The highest BCUT2D eigenvalue weighted by Crippen LogP contribution is 2.41. The van der Waals surface area contributed by atoms with E-state index in [0.717, 1.165) is 12.3 Å². The van der Waals surface area contributed by atoms with Crippen molar-refractivity contribution in [2.75, 3.05) is 13.0 Å². The van der Waals surface area contributed by atoms with Crippen LogP contribution in [0.25, 0.3) is 22.3 Å². The maximum atomic E-state index is 14.8. The van der Waals surface area contributed by atoms with Gasteiger partial charge in [-0.1, -0.05) is 30.4 Å². The number of esters is 1. The van der Waals surface area contributed by atoms with Crippen molar-refractivity contribution in [2.45, 2.75) is 121 Å². The molecule has 0 unspecified atom stereocenters. The zero-order valence-electron chi connectivity index (χ0n) is 39.0. The Bertz CT molecular complexity index is 3010. The smallest absolute Gasteiger partial charge is 0.343 e. The molecule has 24 heteroatoms. The molecule has 0 saturated heterocycles. The summed E-state index contributed by atoms with van der Waals surface area (Å²) in [6, 6.07) is 0.911. The van der Waals surface area contributed by atoms with Gasteiger partial charge >= 0.3 is 5.97 Å². The van der Waals surface area contributed by atoms with Crippen LogP contribution in [0.1, 0.15) is 94.5 Å². The van der Waals surface area contributed by atoms with Crippen LogP contribution in [0, 0.1) is 17.7 Å². The first-order valence-electron chi connectivity index (χ1n) is 22.1. The Morgan fingerprint density at radius 3 is 2.27 bits per heavy atom. The number of carbonyl (C=O) groups excluding carboxylic acids is 6. The molecule has 2 aliphatic rings. The van der Waals surface area contributed by atoms with Crippen LogP contribution in [-0.4, -0.2) is 106 Å². The number of halogens is 2. The van der Waals surface area contributed by atoms with Gasteiger partial charge in [0.15, 0.2) is 5.60 Å². The summed E-state index contributed by atoms with van der Waals surface area (Å²) < 4.78 is 49.9. The van der Waals surface area contributed by atoms with Gasteiger partial charge in [0.05, 0.1) is 52.1 Å². The van der Waals surface area contributed by atoms with E-state index in [9.17, 15) is 51.5 Å². The van der Waals surface area contributed by atoms with Crippen LogP contribution in [-0.2, 0) is 73.4 Å². The molecule has 5 amide bonds. The number of pyridine rings is 2. The van der Waals surface area contributed by atoms with E-state index in [4.69, 9.17) is 21.1 Å². The van der Waals surface area contributed by atoms with Gasteiger partial charge in [0.1, 0.15) is 37.3 Å². The Labute approximate surface area is 406 Å². The Kier molecular flexibility index (Phi) is 16.4. The third-order valence-corrected chi connectivity index (χ3v) is 12.7. The number of benzene rings is 1. The zero-order chi connectivity index (χ0) is 51.2. The summed E-state index contributed by atoms with van der Waals surface area (Å²) >= 11 is 6.19. The number of nitrogens with zero attached hydrogens (tertiary/aromatic N) is 4. The predicted molar refractivity (Wildman–Crippen MR) is 248 cm³/mol. The SMILES string of the molecule is CC[C@@]1(O)C(=O)OCc2c1cc1n(c2=O)Cc2c-1nc1cc(F)c(Cl)cc1c2CNC(=O)C[C@H](C)OCNC(=O)[C@H](C)NC(=O)[C@H](C)NC(=O)[C@H](C)NC(=O)CCCC#Cc1cnc(S(C)(=O)=O)nc1. The number of nitrogens with one attached hydrogen (secondary N) is 5. The van der Waals surface area contributed by atoms with E-state index in [2.05, 4.69) is 53.4 Å². The van der Waals surface area contributed by atoms with Crippen LogP contribution in [0.15, 0.2) is 40.5 Å². The summed E-state index contributed by atoms with van der Waals surface area (Å²) in [5, 5.41) is 24.0. The summed E-state index contributed by atoms with van der Waals surface area (Å²) in [5.41, 5.74) is -0.101. The second-order valence-electron chi connectivity index (χ2n) is 16.9. The number of fused-ring (bicyclic) bond motifs is 5. The summed E-state index contributed by atoms with van der Waals surface area (Å²) in [5.74, 6) is 1.17. The Balaban J connectivity index is 0.941. The molecule has 372 valence electrons. The van der Waals surface area contributed by atoms with Gasteiger partial charge in [-0.3, -0.25) is 28.8 Å². The summed E-state index contributed by atoms with van der Waals surface area (Å²) in [6.45, 7) is 6.71. The molecule has 5 atom stereocenters. The number of aliphatic hydroxyl groups is 1. The molecular weight excluding hydrogens is 957 g/mol. The number of amides is 5. The highest BCUT2D eigenvalue weighted by molar-refractivity contribution is 7.90. The minimum Gasteiger partial charge on any atom is -0.458 e. The maximum absolute atomic E-state index is 14.8. The highest BCUT2D eigenvalue weighted by atomic mass is 35.5. The fourth-order valence-electron chi connectivity index (χ4n) is 7.61. The van der Waals surface area contributed by atoms with Crippen LogP contribution in [0.2, 0.25) is 5.02 Å². The minimum absolute atomic E-state index is 0.0117. The summed E-state index contributed by atoms with van der Waals surface area (Å²) in [6.07, 6.45) is 3.37. The van der Waals surface area contributed by atoms with E-state index >= 15 is 0 Å². The van der Waals surface area contributed by atoms with E-state index < -0.39 is 86.5 Å². The molecule has 6 rings (SSSR count). The highest BCUT2D eigenvalue weighted by Gasteiger charge is 2.45. The van der Waals surface area contributed by atoms with Gasteiger partial charge < -0.3 is 45.7 Å². The number of rotatable bonds is 18. The molecule has 70 heavy (non-hydrogen) atoms. The molecule has 6 N–H and O–H groups in total. The Morgan fingerprint density at radius 1 is 0.957 bits per heavy atom. The molecule has 0 spiro atoms. The molecule has 3 aromatic heterocycles. The van der Waals surface area contributed by atoms with E-state index in [1.807, 2.05) is 0 Å². The molecule has 1 aromatic carbocycles. The standard InChI is InChI=1S/C46H51ClFN9O12S/c1-7-46(65)32-15-36-39-30(20-57(36)43(63)31(32)21-68-44(46)64)29(28-14-33(47)34(48)16-35(28)56-39)19-49-38(59)13-23(2)69-22-52-40(60)24(3)54-42(62)26(5)55-41(61)25(4)53-37(58)12-10-8-9-11-27-17-50-45(51-18-27)70(6,66)67/h14-18,23-26,65H,7-8,10,12-13,19-22H2,1-6H3,(H,49,59)(H,52,60)(H,53,58)(H,54,62)(H,55,61)/t23-,24-,25-,26-,46-/m0/s1. The largest absolute Gasteiger partial charge is 0.458 e. The number of hydrogen-bond donors (Lipinski definition) is 6. The topological polar surface area (TPSA) is 296 Å². The number of hydrogen-bond acceptors (Lipinski definition) is 15. The lowest BCUT2D eigenvalue weighted by atomic mass is 9.86. The van der Waals surface area contributed by atoms with Crippen LogP contribution < -0.4 is 32.1 Å². The number of sulfone groups is 1. The predicted octanol–water partition coefficient (Wildman–Crippen LogP) is 1.29. The monoisotopic (exact) mass is 1010 g/mol.